The van der Waals surface area contributed by atoms with Gasteiger partial charge in [-0.15, -0.1) is 0 Å². The predicted octanol–water partition coefficient (Wildman–Crippen LogP) is 0.0693. The summed E-state index contributed by atoms with van der Waals surface area (Å²) in [4.78, 5) is 24.3. The SMILES string of the molecule is CC(C)(C)OC(=O)N1CCC(CNCC(O)C(N)=O)CC1. The number of primary amides is 1. The Balaban J connectivity index is 2.23. The normalized spacial score (nSPS) is 18.4. The zero-order valence-electron chi connectivity index (χ0n) is 13.1. The Bertz CT molecular complexity index is 360. The third-order valence-electron chi connectivity index (χ3n) is 3.37. The molecule has 1 heterocycles. The molecule has 1 saturated heterocycles. The number of aliphatic hydroxyl groups excluding tert-OH is 1. The summed E-state index contributed by atoms with van der Waals surface area (Å²) < 4.78 is 5.34. The molecule has 0 aromatic heterocycles. The number of hydrogen-bond donors (Lipinski definition) is 3. The van der Waals surface area contributed by atoms with Gasteiger partial charge in [0.25, 0.3) is 0 Å². The van der Waals surface area contributed by atoms with Crippen LogP contribution >= 0.6 is 0 Å². The summed E-state index contributed by atoms with van der Waals surface area (Å²) in [5.41, 5.74) is 4.50. The predicted molar refractivity (Wildman–Crippen MR) is 78.6 cm³/mol. The Hall–Kier alpha value is -1.34. The van der Waals surface area contributed by atoms with Crippen LogP contribution in [0.15, 0.2) is 0 Å². The standard InChI is InChI=1S/C14H27N3O4/c1-14(2,3)21-13(20)17-6-4-10(5-7-17)8-16-9-11(18)12(15)19/h10-11,16,18H,4-9H2,1-3H3,(H2,15,19). The smallest absolute Gasteiger partial charge is 0.410 e. The zero-order valence-corrected chi connectivity index (χ0v) is 13.1. The highest BCUT2D eigenvalue weighted by molar-refractivity contribution is 5.78. The second-order valence-electron chi connectivity index (χ2n) is 6.49. The van der Waals surface area contributed by atoms with Gasteiger partial charge in [0.15, 0.2) is 0 Å². The van der Waals surface area contributed by atoms with Crippen LogP contribution < -0.4 is 11.1 Å². The van der Waals surface area contributed by atoms with Crippen LogP contribution in [0.1, 0.15) is 33.6 Å². The minimum absolute atomic E-state index is 0.168. The first-order chi connectivity index (χ1) is 9.69. The summed E-state index contributed by atoms with van der Waals surface area (Å²) in [5, 5.41) is 12.3. The van der Waals surface area contributed by atoms with Crippen molar-refractivity contribution in [2.45, 2.75) is 45.3 Å². The molecule has 0 aliphatic carbocycles. The number of nitrogens with one attached hydrogen (secondary N) is 1. The Morgan fingerprint density at radius 1 is 1.38 bits per heavy atom. The van der Waals surface area contributed by atoms with E-state index in [-0.39, 0.29) is 12.6 Å². The molecule has 0 radical (unpaired) electrons. The van der Waals surface area contributed by atoms with Gasteiger partial charge in [0.2, 0.25) is 5.91 Å². The quantitative estimate of drug-likeness (QED) is 0.666. The molecule has 122 valence electrons. The number of nitrogens with two attached hydrogens (primary N) is 1. The minimum atomic E-state index is -1.15. The van der Waals surface area contributed by atoms with Crippen LogP contribution in [0.5, 0.6) is 0 Å². The van der Waals surface area contributed by atoms with Gasteiger partial charge in [0.1, 0.15) is 11.7 Å². The molecule has 1 fully saturated rings. The lowest BCUT2D eigenvalue weighted by atomic mass is 9.97. The van der Waals surface area contributed by atoms with Crippen LogP contribution in [0.4, 0.5) is 4.79 Å². The van der Waals surface area contributed by atoms with E-state index in [0.717, 1.165) is 12.8 Å². The van der Waals surface area contributed by atoms with Gasteiger partial charge >= 0.3 is 6.09 Å². The lowest BCUT2D eigenvalue weighted by molar-refractivity contribution is -0.125. The van der Waals surface area contributed by atoms with Crippen molar-refractivity contribution in [1.29, 1.82) is 0 Å². The minimum Gasteiger partial charge on any atom is -0.444 e. The lowest BCUT2D eigenvalue weighted by Crippen LogP contribution is -2.44. The molecular weight excluding hydrogens is 274 g/mol. The first kappa shape index (κ1) is 17.7. The number of nitrogens with zero attached hydrogens (tertiary/aromatic N) is 1. The second kappa shape index (κ2) is 7.61. The maximum absolute atomic E-state index is 11.9. The van der Waals surface area contributed by atoms with Gasteiger partial charge in [0.05, 0.1) is 0 Å². The number of amides is 2. The van der Waals surface area contributed by atoms with Crippen LogP contribution in [0.25, 0.3) is 0 Å². The van der Waals surface area contributed by atoms with Crippen molar-refractivity contribution in [3.63, 3.8) is 0 Å². The molecule has 4 N–H and O–H groups in total. The highest BCUT2D eigenvalue weighted by Crippen LogP contribution is 2.19. The fraction of sp³-hybridized carbons (Fsp3) is 0.857. The number of piperidine rings is 1. The summed E-state index contributed by atoms with van der Waals surface area (Å²) in [6.07, 6.45) is 0.336. The van der Waals surface area contributed by atoms with E-state index in [2.05, 4.69) is 5.32 Å². The van der Waals surface area contributed by atoms with Crippen molar-refractivity contribution in [3.8, 4) is 0 Å². The first-order valence-corrected chi connectivity index (χ1v) is 7.35. The van der Waals surface area contributed by atoms with Crippen LogP contribution in [0.2, 0.25) is 0 Å². The molecule has 7 heteroatoms. The van der Waals surface area contributed by atoms with E-state index in [1.54, 1.807) is 4.90 Å². The van der Waals surface area contributed by atoms with Crippen molar-refractivity contribution in [2.75, 3.05) is 26.2 Å². The summed E-state index contributed by atoms with van der Waals surface area (Å²) in [5.74, 6) is -0.300. The van der Waals surface area contributed by atoms with E-state index >= 15 is 0 Å². The molecule has 1 aliphatic rings. The summed E-state index contributed by atoms with van der Waals surface area (Å²) in [6, 6.07) is 0. The van der Waals surface area contributed by atoms with E-state index in [0.29, 0.717) is 25.6 Å². The molecule has 1 aliphatic heterocycles. The first-order valence-electron chi connectivity index (χ1n) is 7.35. The highest BCUT2D eigenvalue weighted by Gasteiger charge is 2.26. The van der Waals surface area contributed by atoms with Gasteiger partial charge < -0.3 is 25.8 Å². The van der Waals surface area contributed by atoms with E-state index in [9.17, 15) is 14.7 Å². The van der Waals surface area contributed by atoms with Crippen molar-refractivity contribution in [1.82, 2.24) is 10.2 Å². The van der Waals surface area contributed by atoms with Crippen molar-refractivity contribution < 1.29 is 19.4 Å². The topological polar surface area (TPSA) is 105 Å². The molecule has 1 rings (SSSR count). The lowest BCUT2D eigenvalue weighted by Gasteiger charge is -2.33. The second-order valence-corrected chi connectivity index (χ2v) is 6.49. The Kier molecular flexibility index (Phi) is 6.42. The zero-order chi connectivity index (χ0) is 16.0. The molecule has 7 nitrogen and oxygen atoms in total. The number of ether oxygens (including phenoxy) is 1. The molecule has 0 saturated carbocycles. The van der Waals surface area contributed by atoms with Crippen molar-refractivity contribution >= 4 is 12.0 Å². The average molecular weight is 301 g/mol. The van der Waals surface area contributed by atoms with E-state index in [1.807, 2.05) is 20.8 Å². The number of hydrogen-bond acceptors (Lipinski definition) is 5. The molecule has 0 aromatic rings. The Labute approximate surface area is 125 Å². The fourth-order valence-electron chi connectivity index (χ4n) is 2.17. The molecule has 1 atom stereocenters. The molecule has 0 spiro atoms. The Morgan fingerprint density at radius 3 is 2.43 bits per heavy atom. The Morgan fingerprint density at radius 2 is 1.95 bits per heavy atom. The van der Waals surface area contributed by atoms with E-state index in [4.69, 9.17) is 10.5 Å². The van der Waals surface area contributed by atoms with Gasteiger partial charge in [-0.2, -0.15) is 0 Å². The fourth-order valence-corrected chi connectivity index (χ4v) is 2.17. The van der Waals surface area contributed by atoms with Gasteiger partial charge in [-0.05, 0) is 46.1 Å². The van der Waals surface area contributed by atoms with Crippen molar-refractivity contribution in [3.05, 3.63) is 0 Å². The largest absolute Gasteiger partial charge is 0.444 e. The van der Waals surface area contributed by atoms with Gasteiger partial charge in [0, 0.05) is 19.6 Å². The van der Waals surface area contributed by atoms with Crippen LogP contribution in [0.3, 0.4) is 0 Å². The molecular formula is C14H27N3O4. The van der Waals surface area contributed by atoms with Crippen LogP contribution in [0, 0.1) is 5.92 Å². The van der Waals surface area contributed by atoms with Crippen LogP contribution in [-0.2, 0) is 9.53 Å². The summed E-state index contributed by atoms with van der Waals surface area (Å²) >= 11 is 0. The maximum atomic E-state index is 11.9. The number of carbonyl (C=O) groups excluding carboxylic acids is 2. The maximum Gasteiger partial charge on any atom is 0.410 e. The third kappa shape index (κ3) is 6.77. The molecule has 1 unspecified atom stereocenters. The molecule has 2 amide bonds. The van der Waals surface area contributed by atoms with Crippen LogP contribution in [-0.4, -0.2) is 59.9 Å². The molecule has 0 aromatic carbocycles. The molecule has 0 bridgehead atoms. The van der Waals surface area contributed by atoms with Gasteiger partial charge in [-0.1, -0.05) is 0 Å². The molecule has 21 heavy (non-hydrogen) atoms. The van der Waals surface area contributed by atoms with Gasteiger partial charge in [-0.3, -0.25) is 4.79 Å². The van der Waals surface area contributed by atoms with E-state index < -0.39 is 17.6 Å². The highest BCUT2D eigenvalue weighted by atomic mass is 16.6. The number of carbonyl (C=O) groups is 2. The number of rotatable bonds is 5. The summed E-state index contributed by atoms with van der Waals surface area (Å²) in [6.45, 7) is 7.76. The number of likely N-dealkylation sites (tertiary alicyclic amines) is 1. The third-order valence-corrected chi connectivity index (χ3v) is 3.37. The van der Waals surface area contributed by atoms with Gasteiger partial charge in [-0.25, -0.2) is 4.79 Å². The van der Waals surface area contributed by atoms with Crippen molar-refractivity contribution in [2.24, 2.45) is 11.7 Å². The van der Waals surface area contributed by atoms with E-state index in [1.165, 1.54) is 0 Å². The monoisotopic (exact) mass is 301 g/mol. The summed E-state index contributed by atoms with van der Waals surface area (Å²) in [7, 11) is 0. The average Bonchev–Trinajstić information content (AvgIpc) is 2.37. The number of aliphatic hydroxyl groups is 1.